The first-order chi connectivity index (χ1) is 8.67. The van der Waals surface area contributed by atoms with E-state index >= 15 is 0 Å². The Bertz CT molecular complexity index is 378. The molecule has 2 atom stereocenters. The van der Waals surface area contributed by atoms with Crippen LogP contribution in [0.25, 0.3) is 0 Å². The standard InChI is InChI=1S/C12H21N5O/c1-8-4-9(2)15-12(14-8)13-6-10-5-11(7-18-3)17-16-10/h4,10-11,16-17H,5-7H2,1-3H3,(H,13,14,15). The lowest BCUT2D eigenvalue weighted by atomic mass is 10.1. The normalized spacial score (nSPS) is 23.3. The van der Waals surface area contributed by atoms with Crippen molar-refractivity contribution in [1.29, 1.82) is 0 Å². The summed E-state index contributed by atoms with van der Waals surface area (Å²) < 4.78 is 5.12. The maximum Gasteiger partial charge on any atom is 0.223 e. The Morgan fingerprint density at radius 3 is 2.61 bits per heavy atom. The molecule has 1 fully saturated rings. The molecule has 2 unspecified atom stereocenters. The molecule has 1 aromatic heterocycles. The first-order valence-electron chi connectivity index (χ1n) is 6.23. The van der Waals surface area contributed by atoms with Gasteiger partial charge in [0, 0.05) is 37.1 Å². The number of hydrogen-bond donors (Lipinski definition) is 3. The third kappa shape index (κ3) is 3.63. The predicted molar refractivity (Wildman–Crippen MR) is 70.3 cm³/mol. The molecule has 0 aliphatic carbocycles. The van der Waals surface area contributed by atoms with E-state index in [-0.39, 0.29) is 0 Å². The number of aryl methyl sites for hydroxylation is 2. The van der Waals surface area contributed by atoms with Gasteiger partial charge in [-0.15, -0.1) is 0 Å². The van der Waals surface area contributed by atoms with Gasteiger partial charge in [0.05, 0.1) is 6.61 Å². The summed E-state index contributed by atoms with van der Waals surface area (Å²) in [6.45, 7) is 5.48. The van der Waals surface area contributed by atoms with Crippen LogP contribution in [0.3, 0.4) is 0 Å². The van der Waals surface area contributed by atoms with Crippen LogP contribution in [-0.4, -0.2) is 42.3 Å². The zero-order valence-electron chi connectivity index (χ0n) is 11.2. The topological polar surface area (TPSA) is 71.1 Å². The van der Waals surface area contributed by atoms with Crippen molar-refractivity contribution in [2.75, 3.05) is 25.6 Å². The third-order valence-corrected chi connectivity index (χ3v) is 2.92. The van der Waals surface area contributed by atoms with Crippen molar-refractivity contribution in [3.8, 4) is 0 Å². The molecule has 2 rings (SSSR count). The van der Waals surface area contributed by atoms with Crippen molar-refractivity contribution in [3.05, 3.63) is 17.5 Å². The third-order valence-electron chi connectivity index (χ3n) is 2.92. The van der Waals surface area contributed by atoms with Gasteiger partial charge < -0.3 is 10.1 Å². The Kier molecular flexibility index (Phi) is 4.46. The van der Waals surface area contributed by atoms with Crippen molar-refractivity contribution in [1.82, 2.24) is 20.8 Å². The van der Waals surface area contributed by atoms with Crippen molar-refractivity contribution >= 4 is 5.95 Å². The molecule has 0 aromatic carbocycles. The quantitative estimate of drug-likeness (QED) is 0.703. The van der Waals surface area contributed by atoms with Gasteiger partial charge in [0.1, 0.15) is 0 Å². The fraction of sp³-hybridized carbons (Fsp3) is 0.667. The van der Waals surface area contributed by atoms with Crippen molar-refractivity contribution < 1.29 is 4.74 Å². The Morgan fingerprint density at radius 1 is 1.28 bits per heavy atom. The van der Waals surface area contributed by atoms with E-state index < -0.39 is 0 Å². The summed E-state index contributed by atoms with van der Waals surface area (Å²) in [6.07, 6.45) is 1.03. The second-order valence-electron chi connectivity index (χ2n) is 4.73. The minimum Gasteiger partial charge on any atom is -0.383 e. The first-order valence-corrected chi connectivity index (χ1v) is 6.23. The molecule has 0 amide bonds. The fourth-order valence-electron chi connectivity index (χ4n) is 2.16. The van der Waals surface area contributed by atoms with Crippen LogP contribution < -0.4 is 16.2 Å². The van der Waals surface area contributed by atoms with Gasteiger partial charge in [0.15, 0.2) is 0 Å². The number of aromatic nitrogens is 2. The number of nitrogens with one attached hydrogen (secondary N) is 3. The number of methoxy groups -OCH3 is 1. The molecular weight excluding hydrogens is 230 g/mol. The van der Waals surface area contributed by atoms with Gasteiger partial charge in [-0.25, -0.2) is 9.97 Å². The predicted octanol–water partition coefficient (Wildman–Crippen LogP) is 0.387. The lowest BCUT2D eigenvalue weighted by Gasteiger charge is -2.11. The molecule has 0 radical (unpaired) electrons. The highest BCUT2D eigenvalue weighted by Gasteiger charge is 2.23. The zero-order chi connectivity index (χ0) is 13.0. The fourth-order valence-corrected chi connectivity index (χ4v) is 2.16. The molecule has 0 spiro atoms. The van der Waals surface area contributed by atoms with Gasteiger partial charge in [-0.3, -0.25) is 10.9 Å². The van der Waals surface area contributed by atoms with E-state index in [0.29, 0.717) is 18.0 Å². The molecule has 3 N–H and O–H groups in total. The summed E-state index contributed by atoms with van der Waals surface area (Å²) in [5, 5.41) is 3.27. The highest BCUT2D eigenvalue weighted by atomic mass is 16.5. The van der Waals surface area contributed by atoms with E-state index in [1.54, 1.807) is 7.11 Å². The maximum atomic E-state index is 5.12. The van der Waals surface area contributed by atoms with E-state index in [1.807, 2.05) is 19.9 Å². The molecule has 1 aromatic rings. The van der Waals surface area contributed by atoms with Gasteiger partial charge in [-0.1, -0.05) is 0 Å². The molecular formula is C12H21N5O. The average Bonchev–Trinajstić information content (AvgIpc) is 2.74. The van der Waals surface area contributed by atoms with Crippen LogP contribution in [0, 0.1) is 13.8 Å². The summed E-state index contributed by atoms with van der Waals surface area (Å²) in [6, 6.07) is 2.71. The molecule has 6 nitrogen and oxygen atoms in total. The number of anilines is 1. The monoisotopic (exact) mass is 251 g/mol. The van der Waals surface area contributed by atoms with Crippen LogP contribution in [0.15, 0.2) is 6.07 Å². The largest absolute Gasteiger partial charge is 0.383 e. The molecule has 6 heteroatoms. The lowest BCUT2D eigenvalue weighted by molar-refractivity contribution is 0.171. The summed E-state index contributed by atoms with van der Waals surface area (Å²) in [7, 11) is 1.72. The molecule has 0 saturated carbocycles. The van der Waals surface area contributed by atoms with Crippen molar-refractivity contribution in [2.45, 2.75) is 32.4 Å². The maximum absolute atomic E-state index is 5.12. The number of hydrazine groups is 1. The Morgan fingerprint density at radius 2 is 1.94 bits per heavy atom. The molecule has 1 aliphatic heterocycles. The molecule has 2 heterocycles. The lowest BCUT2D eigenvalue weighted by Crippen LogP contribution is -2.37. The van der Waals surface area contributed by atoms with E-state index in [1.165, 1.54) is 0 Å². The van der Waals surface area contributed by atoms with E-state index in [0.717, 1.165) is 31.0 Å². The highest BCUT2D eigenvalue weighted by molar-refractivity contribution is 5.27. The van der Waals surface area contributed by atoms with Gasteiger partial charge in [0.2, 0.25) is 5.95 Å². The second kappa shape index (κ2) is 6.08. The number of nitrogens with zero attached hydrogens (tertiary/aromatic N) is 2. The van der Waals surface area contributed by atoms with Crippen molar-refractivity contribution in [3.63, 3.8) is 0 Å². The van der Waals surface area contributed by atoms with Crippen LogP contribution in [0.2, 0.25) is 0 Å². The molecule has 1 aliphatic rings. The van der Waals surface area contributed by atoms with Gasteiger partial charge >= 0.3 is 0 Å². The summed E-state index contributed by atoms with van der Waals surface area (Å²) in [5.74, 6) is 0.699. The van der Waals surface area contributed by atoms with E-state index in [4.69, 9.17) is 4.74 Å². The zero-order valence-corrected chi connectivity index (χ0v) is 11.2. The molecule has 100 valence electrons. The van der Waals surface area contributed by atoms with Crippen LogP contribution in [0.1, 0.15) is 17.8 Å². The van der Waals surface area contributed by atoms with E-state index in [9.17, 15) is 0 Å². The first kappa shape index (κ1) is 13.2. The van der Waals surface area contributed by atoms with Gasteiger partial charge in [-0.05, 0) is 26.3 Å². The minimum atomic E-state index is 0.370. The van der Waals surface area contributed by atoms with Crippen LogP contribution in [0.4, 0.5) is 5.95 Å². The number of ether oxygens (including phenoxy) is 1. The van der Waals surface area contributed by atoms with Crippen LogP contribution >= 0.6 is 0 Å². The number of rotatable bonds is 5. The van der Waals surface area contributed by atoms with Crippen LogP contribution in [-0.2, 0) is 4.74 Å². The highest BCUT2D eigenvalue weighted by Crippen LogP contribution is 2.08. The Hall–Kier alpha value is -1.24. The summed E-state index contributed by atoms with van der Waals surface area (Å²) >= 11 is 0. The molecule has 0 bridgehead atoms. The van der Waals surface area contributed by atoms with Gasteiger partial charge in [-0.2, -0.15) is 0 Å². The number of hydrogen-bond acceptors (Lipinski definition) is 6. The minimum absolute atomic E-state index is 0.370. The molecule has 18 heavy (non-hydrogen) atoms. The van der Waals surface area contributed by atoms with Crippen molar-refractivity contribution in [2.24, 2.45) is 0 Å². The summed E-state index contributed by atoms with van der Waals surface area (Å²) in [4.78, 5) is 8.71. The van der Waals surface area contributed by atoms with Crippen LogP contribution in [0.5, 0.6) is 0 Å². The SMILES string of the molecule is COCC1CC(CNc2nc(C)cc(C)n2)NN1. The Labute approximate surface area is 108 Å². The summed E-state index contributed by atoms with van der Waals surface area (Å²) in [5.41, 5.74) is 8.43. The second-order valence-corrected chi connectivity index (χ2v) is 4.73. The molecule has 1 saturated heterocycles. The average molecular weight is 251 g/mol. The smallest absolute Gasteiger partial charge is 0.223 e. The Balaban J connectivity index is 1.81. The van der Waals surface area contributed by atoms with Gasteiger partial charge in [0.25, 0.3) is 0 Å². The van der Waals surface area contributed by atoms with E-state index in [2.05, 4.69) is 26.1 Å².